The van der Waals surface area contributed by atoms with Gasteiger partial charge in [-0.1, -0.05) is 25.1 Å². The third-order valence-corrected chi connectivity index (χ3v) is 2.37. The minimum atomic E-state index is -0.712. The molecule has 1 aromatic carbocycles. The molecule has 0 radical (unpaired) electrons. The van der Waals surface area contributed by atoms with Gasteiger partial charge in [0.2, 0.25) is 0 Å². The van der Waals surface area contributed by atoms with E-state index in [0.29, 0.717) is 12.4 Å². The Labute approximate surface area is 121 Å². The lowest BCUT2D eigenvalue weighted by Gasteiger charge is -2.08. The monoisotopic (exact) mass is 289 g/mol. The first-order valence-corrected chi connectivity index (χ1v) is 6.40. The third-order valence-electron chi connectivity index (χ3n) is 2.37. The van der Waals surface area contributed by atoms with Crippen LogP contribution < -0.4 is 15.4 Å². The fraction of sp³-hybridized carbons (Fsp3) is 0.214. The molecule has 0 saturated heterocycles. The second kappa shape index (κ2) is 7.20. The summed E-state index contributed by atoms with van der Waals surface area (Å²) in [7, 11) is 0. The minimum absolute atomic E-state index is 0.0199. The SMILES string of the molecule is CCCOOc1nc(Oc2ccccc2)ncc1C(N)=O. The molecule has 0 atom stereocenters. The summed E-state index contributed by atoms with van der Waals surface area (Å²) in [5.74, 6) is -0.224. The van der Waals surface area contributed by atoms with Crippen LogP contribution in [0.2, 0.25) is 0 Å². The number of hydrogen-bond acceptors (Lipinski definition) is 6. The van der Waals surface area contributed by atoms with Gasteiger partial charge in [0.25, 0.3) is 11.8 Å². The number of amides is 1. The predicted molar refractivity (Wildman–Crippen MR) is 73.9 cm³/mol. The van der Waals surface area contributed by atoms with Crippen molar-refractivity contribution in [2.45, 2.75) is 13.3 Å². The van der Waals surface area contributed by atoms with E-state index in [1.54, 1.807) is 12.1 Å². The number of aromatic nitrogens is 2. The second-order valence-electron chi connectivity index (χ2n) is 4.06. The maximum absolute atomic E-state index is 11.3. The lowest BCUT2D eigenvalue weighted by Crippen LogP contribution is -2.15. The number of benzene rings is 1. The zero-order chi connectivity index (χ0) is 15.1. The Balaban J connectivity index is 2.19. The highest BCUT2D eigenvalue weighted by atomic mass is 17.2. The van der Waals surface area contributed by atoms with Gasteiger partial charge >= 0.3 is 6.01 Å². The molecule has 2 rings (SSSR count). The molecule has 2 aromatic rings. The van der Waals surface area contributed by atoms with E-state index in [0.717, 1.165) is 6.42 Å². The van der Waals surface area contributed by atoms with E-state index >= 15 is 0 Å². The summed E-state index contributed by atoms with van der Waals surface area (Å²) in [5, 5.41) is 0. The molecule has 1 heterocycles. The van der Waals surface area contributed by atoms with Gasteiger partial charge in [0.05, 0.1) is 12.8 Å². The summed E-state index contributed by atoms with van der Waals surface area (Å²) in [6.45, 7) is 2.28. The smallest absolute Gasteiger partial charge is 0.325 e. The van der Waals surface area contributed by atoms with E-state index in [2.05, 4.69) is 9.97 Å². The van der Waals surface area contributed by atoms with E-state index in [4.69, 9.17) is 20.2 Å². The fourth-order valence-corrected chi connectivity index (χ4v) is 1.41. The van der Waals surface area contributed by atoms with Crippen LogP contribution in [0.3, 0.4) is 0 Å². The maximum Gasteiger partial charge on any atom is 0.325 e. The van der Waals surface area contributed by atoms with Crippen LogP contribution in [0.5, 0.6) is 17.6 Å². The number of nitrogens with two attached hydrogens (primary N) is 1. The molecule has 0 aliphatic rings. The van der Waals surface area contributed by atoms with Crippen molar-refractivity contribution in [3.63, 3.8) is 0 Å². The van der Waals surface area contributed by atoms with Crippen molar-refractivity contribution in [3.8, 4) is 17.6 Å². The first kappa shape index (κ1) is 14.7. The Kier molecular flexibility index (Phi) is 5.05. The molecule has 7 nitrogen and oxygen atoms in total. The molecule has 0 spiro atoms. The molecule has 0 fully saturated rings. The minimum Gasteiger partial charge on any atom is -0.424 e. The molecule has 0 saturated carbocycles. The molecule has 21 heavy (non-hydrogen) atoms. The molecule has 0 bridgehead atoms. The van der Waals surface area contributed by atoms with Crippen LogP contribution in [0.25, 0.3) is 0 Å². The molecule has 0 unspecified atom stereocenters. The van der Waals surface area contributed by atoms with Gasteiger partial charge < -0.3 is 15.4 Å². The average Bonchev–Trinajstić information content (AvgIpc) is 2.48. The number of rotatable bonds is 7. The Bertz CT molecular complexity index is 604. The Morgan fingerprint density at radius 2 is 2.05 bits per heavy atom. The van der Waals surface area contributed by atoms with Gasteiger partial charge in [0.1, 0.15) is 11.3 Å². The molecule has 0 aliphatic carbocycles. The van der Waals surface area contributed by atoms with Crippen molar-refractivity contribution < 1.29 is 19.3 Å². The topological polar surface area (TPSA) is 96.6 Å². The lowest BCUT2D eigenvalue weighted by molar-refractivity contribution is -0.209. The highest BCUT2D eigenvalue weighted by molar-refractivity contribution is 5.94. The second-order valence-corrected chi connectivity index (χ2v) is 4.06. The molecule has 2 N–H and O–H groups in total. The van der Waals surface area contributed by atoms with Gasteiger partial charge in [-0.05, 0) is 18.6 Å². The Morgan fingerprint density at radius 1 is 1.29 bits per heavy atom. The van der Waals surface area contributed by atoms with Gasteiger partial charge in [0.15, 0.2) is 0 Å². The van der Waals surface area contributed by atoms with Crippen molar-refractivity contribution in [1.29, 1.82) is 0 Å². The van der Waals surface area contributed by atoms with Crippen LogP contribution in [-0.2, 0) is 4.89 Å². The summed E-state index contributed by atoms with van der Waals surface area (Å²) in [6, 6.07) is 9.01. The van der Waals surface area contributed by atoms with E-state index in [1.807, 2.05) is 25.1 Å². The van der Waals surface area contributed by atoms with Crippen molar-refractivity contribution in [2.24, 2.45) is 5.73 Å². The first-order chi connectivity index (χ1) is 10.2. The fourth-order valence-electron chi connectivity index (χ4n) is 1.41. The van der Waals surface area contributed by atoms with Crippen molar-refractivity contribution in [2.75, 3.05) is 6.61 Å². The summed E-state index contributed by atoms with van der Waals surface area (Å²) in [6.07, 6.45) is 1.99. The van der Waals surface area contributed by atoms with Gasteiger partial charge in [-0.15, -0.1) is 0 Å². The molecule has 7 heteroatoms. The van der Waals surface area contributed by atoms with Crippen LogP contribution in [0.1, 0.15) is 23.7 Å². The average molecular weight is 289 g/mol. The Morgan fingerprint density at radius 3 is 2.71 bits per heavy atom. The van der Waals surface area contributed by atoms with Gasteiger partial charge in [-0.25, -0.2) is 4.98 Å². The number of ether oxygens (including phenoxy) is 1. The lowest BCUT2D eigenvalue weighted by atomic mass is 10.3. The van der Waals surface area contributed by atoms with Gasteiger partial charge in [0, 0.05) is 0 Å². The molecular weight excluding hydrogens is 274 g/mol. The summed E-state index contributed by atoms with van der Waals surface area (Å²) >= 11 is 0. The predicted octanol–water partition coefficient (Wildman–Crippen LogP) is 2.09. The molecular formula is C14H15N3O4. The number of hydrogen-bond donors (Lipinski definition) is 1. The van der Waals surface area contributed by atoms with Crippen LogP contribution in [-0.4, -0.2) is 22.5 Å². The summed E-state index contributed by atoms with van der Waals surface area (Å²) in [4.78, 5) is 29.1. The number of nitrogens with zero attached hydrogens (tertiary/aromatic N) is 2. The molecule has 1 aromatic heterocycles. The summed E-state index contributed by atoms with van der Waals surface area (Å²) in [5.41, 5.74) is 5.25. The maximum atomic E-state index is 11.3. The quantitative estimate of drug-likeness (QED) is 0.476. The zero-order valence-electron chi connectivity index (χ0n) is 11.5. The van der Waals surface area contributed by atoms with Gasteiger partial charge in [-0.2, -0.15) is 9.87 Å². The third kappa shape index (κ3) is 4.15. The van der Waals surface area contributed by atoms with Crippen molar-refractivity contribution in [3.05, 3.63) is 42.1 Å². The van der Waals surface area contributed by atoms with Crippen LogP contribution in [0.15, 0.2) is 36.5 Å². The Hall–Kier alpha value is -2.67. The van der Waals surface area contributed by atoms with Crippen molar-refractivity contribution >= 4 is 5.91 Å². The number of primary amides is 1. The van der Waals surface area contributed by atoms with Crippen LogP contribution in [0.4, 0.5) is 0 Å². The highest BCUT2D eigenvalue weighted by Gasteiger charge is 2.15. The van der Waals surface area contributed by atoms with E-state index in [1.165, 1.54) is 6.20 Å². The molecule has 0 aliphatic heterocycles. The molecule has 1 amide bonds. The summed E-state index contributed by atoms with van der Waals surface area (Å²) < 4.78 is 5.45. The number of carbonyl (C=O) groups excluding carboxylic acids is 1. The standard InChI is InChI=1S/C14H15N3O4/c1-2-8-19-21-13-11(12(15)18)9-16-14(17-13)20-10-6-4-3-5-7-10/h3-7,9H,2,8H2,1H3,(H2,15,18). The van der Waals surface area contributed by atoms with E-state index < -0.39 is 5.91 Å². The van der Waals surface area contributed by atoms with Gasteiger partial charge in [-0.3, -0.25) is 4.79 Å². The number of para-hydroxylation sites is 1. The van der Waals surface area contributed by atoms with E-state index in [9.17, 15) is 4.79 Å². The van der Waals surface area contributed by atoms with Crippen molar-refractivity contribution in [1.82, 2.24) is 9.97 Å². The largest absolute Gasteiger partial charge is 0.424 e. The number of carbonyl (C=O) groups is 1. The zero-order valence-corrected chi connectivity index (χ0v) is 11.5. The van der Waals surface area contributed by atoms with E-state index in [-0.39, 0.29) is 17.5 Å². The first-order valence-electron chi connectivity index (χ1n) is 6.40. The highest BCUT2D eigenvalue weighted by Crippen LogP contribution is 2.21. The van der Waals surface area contributed by atoms with Crippen LogP contribution >= 0.6 is 0 Å². The molecule has 110 valence electrons. The van der Waals surface area contributed by atoms with Crippen LogP contribution in [0, 0.1) is 0 Å². The normalized spacial score (nSPS) is 10.1.